The number of nitrogens with zero attached hydrogens (tertiary/aromatic N) is 2. The van der Waals surface area contributed by atoms with Crippen LogP contribution in [0.25, 0.3) is 0 Å². The first-order valence-corrected chi connectivity index (χ1v) is 11.1. The highest BCUT2D eigenvalue weighted by atomic mass is 16.5. The van der Waals surface area contributed by atoms with Gasteiger partial charge in [-0.3, -0.25) is 9.89 Å². The number of hydrogen-bond donors (Lipinski definition) is 0. The molecule has 1 aromatic rings. The summed E-state index contributed by atoms with van der Waals surface area (Å²) < 4.78 is 5.78. The van der Waals surface area contributed by atoms with Crippen molar-refractivity contribution in [2.75, 3.05) is 19.7 Å². The Morgan fingerprint density at radius 1 is 1.38 bits per heavy atom. The van der Waals surface area contributed by atoms with E-state index in [0.717, 1.165) is 38.1 Å². The Morgan fingerprint density at radius 3 is 2.97 bits per heavy atom. The topological polar surface area (TPSA) is 41.9 Å². The van der Waals surface area contributed by atoms with Gasteiger partial charge in [0.1, 0.15) is 0 Å². The van der Waals surface area contributed by atoms with Crippen molar-refractivity contribution in [2.24, 2.45) is 28.7 Å². The average Bonchev–Trinajstić information content (AvgIpc) is 3.40. The molecule has 1 aromatic carbocycles. The molecule has 4 heteroatoms. The molecule has 3 heterocycles. The minimum absolute atomic E-state index is 0.110. The van der Waals surface area contributed by atoms with Crippen molar-refractivity contribution >= 4 is 11.7 Å². The molecule has 1 spiro atoms. The standard InChI is InChI=1S/C25H28N2O2/c1-3-12-27-15-19-14-20-21-17-10-11-18(13-17)25(21,27)24(19,23(28)29-4-2)26-22(20)16-8-6-5-7-9-16/h3,5-9,11,17,19-21H,1,4,10,12-15H2,2H3. The van der Waals surface area contributed by atoms with Gasteiger partial charge in [0.25, 0.3) is 0 Å². The maximum absolute atomic E-state index is 13.8. The molecule has 3 aliphatic heterocycles. The van der Waals surface area contributed by atoms with Crippen LogP contribution in [-0.2, 0) is 9.53 Å². The van der Waals surface area contributed by atoms with E-state index in [1.165, 1.54) is 11.1 Å². The Morgan fingerprint density at radius 2 is 2.21 bits per heavy atom. The van der Waals surface area contributed by atoms with E-state index in [9.17, 15) is 4.79 Å². The number of esters is 1. The Bertz CT molecular complexity index is 951. The lowest BCUT2D eigenvalue weighted by Gasteiger charge is -2.60. The zero-order chi connectivity index (χ0) is 19.8. The Labute approximate surface area is 172 Å². The molecule has 0 aromatic heterocycles. The predicted molar refractivity (Wildman–Crippen MR) is 113 cm³/mol. The van der Waals surface area contributed by atoms with E-state index in [1.54, 1.807) is 0 Å². The van der Waals surface area contributed by atoms with Crippen LogP contribution in [-0.4, -0.2) is 47.4 Å². The predicted octanol–water partition coefficient (Wildman–Crippen LogP) is 3.63. The summed E-state index contributed by atoms with van der Waals surface area (Å²) in [7, 11) is 0. The third-order valence-corrected chi connectivity index (χ3v) is 8.37. The first kappa shape index (κ1) is 17.6. The molecule has 0 radical (unpaired) electrons. The van der Waals surface area contributed by atoms with Crippen LogP contribution in [0, 0.1) is 23.7 Å². The van der Waals surface area contributed by atoms with Gasteiger partial charge in [0.15, 0.2) is 5.54 Å². The van der Waals surface area contributed by atoms with Crippen LogP contribution in [0.15, 0.2) is 59.6 Å². The highest BCUT2D eigenvalue weighted by molar-refractivity contribution is 6.07. The third kappa shape index (κ3) is 1.85. The number of likely N-dealkylation sites (tertiary alicyclic amines) is 1. The van der Waals surface area contributed by atoms with Crippen molar-refractivity contribution in [3.05, 3.63) is 60.2 Å². The van der Waals surface area contributed by atoms with Gasteiger partial charge in [-0.2, -0.15) is 0 Å². The summed E-state index contributed by atoms with van der Waals surface area (Å²) in [6, 6.07) is 10.5. The second-order valence-electron chi connectivity index (χ2n) is 9.30. The molecule has 2 saturated carbocycles. The maximum Gasteiger partial charge on any atom is 0.336 e. The monoisotopic (exact) mass is 388 g/mol. The van der Waals surface area contributed by atoms with Gasteiger partial charge in [-0.1, -0.05) is 48.1 Å². The molecule has 3 fully saturated rings. The molecule has 29 heavy (non-hydrogen) atoms. The number of aliphatic imine (C=N–C) groups is 1. The Hall–Kier alpha value is -2.20. The van der Waals surface area contributed by atoms with Gasteiger partial charge >= 0.3 is 5.97 Å². The van der Waals surface area contributed by atoms with Crippen molar-refractivity contribution in [1.29, 1.82) is 0 Å². The van der Waals surface area contributed by atoms with E-state index in [0.29, 0.717) is 24.4 Å². The fraction of sp³-hybridized carbons (Fsp3) is 0.520. The van der Waals surface area contributed by atoms with Crippen molar-refractivity contribution < 1.29 is 9.53 Å². The number of carbonyl (C=O) groups is 1. The van der Waals surface area contributed by atoms with Crippen LogP contribution >= 0.6 is 0 Å². The summed E-state index contributed by atoms with van der Waals surface area (Å²) in [4.78, 5) is 21.7. The van der Waals surface area contributed by atoms with E-state index < -0.39 is 5.54 Å². The summed E-state index contributed by atoms with van der Waals surface area (Å²) >= 11 is 0. The number of ether oxygens (including phenoxy) is 1. The van der Waals surface area contributed by atoms with Crippen molar-refractivity contribution in [2.45, 2.75) is 37.3 Å². The normalized spacial score (nSPS) is 41.1. The number of rotatable bonds is 5. The van der Waals surface area contributed by atoms with E-state index in [4.69, 9.17) is 9.73 Å². The molecule has 6 bridgehead atoms. The number of benzene rings is 1. The van der Waals surface area contributed by atoms with Gasteiger partial charge in [0.05, 0.1) is 12.1 Å². The van der Waals surface area contributed by atoms with Crippen LogP contribution in [0.4, 0.5) is 0 Å². The quantitative estimate of drug-likeness (QED) is 0.571. The van der Waals surface area contributed by atoms with Crippen LogP contribution < -0.4 is 0 Å². The zero-order valence-corrected chi connectivity index (χ0v) is 17.0. The fourth-order valence-corrected chi connectivity index (χ4v) is 7.81. The minimum atomic E-state index is -0.808. The summed E-state index contributed by atoms with van der Waals surface area (Å²) in [5.74, 6) is 1.59. The zero-order valence-electron chi connectivity index (χ0n) is 17.0. The first-order chi connectivity index (χ1) is 14.2. The first-order valence-electron chi connectivity index (χ1n) is 11.1. The lowest BCUT2D eigenvalue weighted by molar-refractivity contribution is -0.159. The molecular weight excluding hydrogens is 360 g/mol. The summed E-state index contributed by atoms with van der Waals surface area (Å²) in [5.41, 5.74) is 2.65. The molecule has 6 aliphatic rings. The second-order valence-corrected chi connectivity index (χ2v) is 9.30. The van der Waals surface area contributed by atoms with Crippen molar-refractivity contribution in [1.82, 2.24) is 4.90 Å². The molecule has 150 valence electrons. The van der Waals surface area contributed by atoms with Crippen LogP contribution in [0.3, 0.4) is 0 Å². The van der Waals surface area contributed by atoms with E-state index in [2.05, 4.69) is 41.8 Å². The summed E-state index contributed by atoms with van der Waals surface area (Å²) in [6.45, 7) is 8.05. The molecule has 0 N–H and O–H groups in total. The third-order valence-electron chi connectivity index (χ3n) is 8.37. The average molecular weight is 389 g/mol. The molecule has 1 saturated heterocycles. The SMILES string of the molecule is C=CCN1CC2CC3C(c4ccccc4)=NC2(C(=O)OCC)C12C1=CCC(C1)C32. The lowest BCUT2D eigenvalue weighted by Crippen LogP contribution is -2.73. The second kappa shape index (κ2) is 5.91. The highest BCUT2D eigenvalue weighted by Crippen LogP contribution is 2.72. The van der Waals surface area contributed by atoms with Gasteiger partial charge < -0.3 is 4.74 Å². The number of fused-ring (bicyclic) bond motifs is 2. The van der Waals surface area contributed by atoms with E-state index >= 15 is 0 Å². The van der Waals surface area contributed by atoms with Crippen LogP contribution in [0.1, 0.15) is 31.7 Å². The maximum atomic E-state index is 13.8. The highest BCUT2D eigenvalue weighted by Gasteiger charge is 2.82. The van der Waals surface area contributed by atoms with E-state index in [1.807, 2.05) is 19.1 Å². The molecule has 6 unspecified atom stereocenters. The molecule has 7 rings (SSSR count). The van der Waals surface area contributed by atoms with Gasteiger partial charge in [0.2, 0.25) is 0 Å². The van der Waals surface area contributed by atoms with Crippen molar-refractivity contribution in [3.8, 4) is 0 Å². The number of carbonyl (C=O) groups excluding carboxylic acids is 1. The smallest absolute Gasteiger partial charge is 0.336 e. The van der Waals surface area contributed by atoms with Crippen LogP contribution in [0.2, 0.25) is 0 Å². The summed E-state index contributed by atoms with van der Waals surface area (Å²) in [6.07, 6.45) is 7.70. The molecule has 4 nitrogen and oxygen atoms in total. The number of hydrogen-bond acceptors (Lipinski definition) is 4. The Balaban J connectivity index is 1.64. The van der Waals surface area contributed by atoms with Gasteiger partial charge in [0, 0.05) is 30.6 Å². The molecule has 3 aliphatic carbocycles. The molecule has 6 atom stereocenters. The summed E-state index contributed by atoms with van der Waals surface area (Å²) in [5, 5.41) is 0. The lowest BCUT2D eigenvalue weighted by atomic mass is 9.50. The number of allylic oxidation sites excluding steroid dienone is 1. The molecule has 0 amide bonds. The Kier molecular flexibility index (Phi) is 3.60. The van der Waals surface area contributed by atoms with Crippen molar-refractivity contribution in [3.63, 3.8) is 0 Å². The van der Waals surface area contributed by atoms with Gasteiger partial charge in [-0.15, -0.1) is 6.58 Å². The largest absolute Gasteiger partial charge is 0.464 e. The van der Waals surface area contributed by atoms with Crippen LogP contribution in [0.5, 0.6) is 0 Å². The van der Waals surface area contributed by atoms with E-state index in [-0.39, 0.29) is 17.4 Å². The molecular formula is C25H28N2O2. The fourth-order valence-electron chi connectivity index (χ4n) is 7.81. The minimum Gasteiger partial charge on any atom is -0.464 e. The van der Waals surface area contributed by atoms with Gasteiger partial charge in [-0.05, 0) is 43.6 Å². The van der Waals surface area contributed by atoms with Gasteiger partial charge in [-0.25, -0.2) is 4.79 Å².